The van der Waals surface area contributed by atoms with Crippen LogP contribution < -0.4 is 5.32 Å². The summed E-state index contributed by atoms with van der Waals surface area (Å²) in [5.41, 5.74) is 1.26. The van der Waals surface area contributed by atoms with Crippen molar-refractivity contribution in [2.45, 2.75) is 50.3 Å². The van der Waals surface area contributed by atoms with E-state index in [1.165, 1.54) is 6.42 Å². The van der Waals surface area contributed by atoms with Crippen molar-refractivity contribution in [3.8, 4) is 0 Å². The van der Waals surface area contributed by atoms with Gasteiger partial charge in [0.25, 0.3) is 5.91 Å². The smallest absolute Gasteiger partial charge is 0.312 e. The van der Waals surface area contributed by atoms with E-state index in [1.807, 2.05) is 31.2 Å². The molecule has 134 valence electrons. The summed E-state index contributed by atoms with van der Waals surface area (Å²) in [5.74, 6) is 0.540. The number of rotatable bonds is 4. The van der Waals surface area contributed by atoms with Gasteiger partial charge in [-0.1, -0.05) is 18.2 Å². The number of benzene rings is 1. The number of anilines is 1. The van der Waals surface area contributed by atoms with Crippen LogP contribution in [-0.2, 0) is 14.3 Å². The van der Waals surface area contributed by atoms with Crippen LogP contribution in [0.25, 0.3) is 0 Å². The second-order valence-corrected chi connectivity index (χ2v) is 9.13. The molecule has 25 heavy (non-hydrogen) atoms. The number of hydrogen-bond acceptors (Lipinski definition) is 3. The number of para-hydroxylation sites is 1. The van der Waals surface area contributed by atoms with Crippen molar-refractivity contribution < 1.29 is 14.3 Å². The van der Waals surface area contributed by atoms with Crippen molar-refractivity contribution in [1.82, 2.24) is 0 Å². The van der Waals surface area contributed by atoms with Crippen LogP contribution in [-0.4, -0.2) is 23.4 Å². The molecule has 4 nitrogen and oxygen atoms in total. The van der Waals surface area contributed by atoms with Crippen LogP contribution in [0.5, 0.6) is 0 Å². The van der Waals surface area contributed by atoms with Gasteiger partial charge in [-0.25, -0.2) is 0 Å². The van der Waals surface area contributed by atoms with Gasteiger partial charge in [-0.15, -0.1) is 11.6 Å². The molecule has 0 aromatic heterocycles. The normalized spacial score (nSPS) is 35.4. The standard InChI is InChI=1S/C20H24ClNO3/c1-13-4-2-3-5-16(13)22-17(23)11-25-18(24)19-7-14-6-15(8-19)10-20(21,9-14)12-19/h2-5,14-15H,6-12H2,1H3,(H,22,23)/t14-,15+,19?,20?. The zero-order valence-corrected chi connectivity index (χ0v) is 15.3. The van der Waals surface area contributed by atoms with Crippen LogP contribution in [0.4, 0.5) is 5.69 Å². The Balaban J connectivity index is 1.38. The highest BCUT2D eigenvalue weighted by Gasteiger charge is 2.60. The molecular formula is C20H24ClNO3. The number of halogens is 1. The molecule has 4 fully saturated rings. The molecule has 0 saturated heterocycles. The van der Waals surface area contributed by atoms with Crippen molar-refractivity contribution in [1.29, 1.82) is 0 Å². The molecule has 5 rings (SSSR count). The first-order chi connectivity index (χ1) is 11.9. The van der Waals surface area contributed by atoms with Gasteiger partial charge >= 0.3 is 5.97 Å². The molecule has 0 radical (unpaired) electrons. The Morgan fingerprint density at radius 3 is 2.52 bits per heavy atom. The number of amides is 1. The minimum absolute atomic E-state index is 0.230. The molecule has 0 heterocycles. The Morgan fingerprint density at radius 2 is 1.88 bits per heavy atom. The fourth-order valence-electron chi connectivity index (χ4n) is 5.57. The molecule has 4 saturated carbocycles. The first kappa shape index (κ1) is 16.9. The lowest BCUT2D eigenvalue weighted by molar-refractivity contribution is -0.171. The molecule has 1 N–H and O–H groups in total. The number of nitrogens with one attached hydrogen (secondary N) is 1. The number of carbonyl (C=O) groups excluding carboxylic acids is 2. The SMILES string of the molecule is Cc1ccccc1NC(=O)COC(=O)C12C[C@@H]3C[C@@H](CC(Cl)(C3)C1)C2. The molecule has 1 aromatic rings. The monoisotopic (exact) mass is 361 g/mol. The lowest BCUT2D eigenvalue weighted by Crippen LogP contribution is -2.56. The Morgan fingerprint density at radius 1 is 1.20 bits per heavy atom. The van der Waals surface area contributed by atoms with E-state index >= 15 is 0 Å². The second kappa shape index (κ2) is 6.01. The number of ether oxygens (including phenoxy) is 1. The second-order valence-electron chi connectivity index (χ2n) is 8.33. The predicted octanol–water partition coefficient (Wildman–Crippen LogP) is 4.05. The van der Waals surface area contributed by atoms with E-state index in [1.54, 1.807) is 0 Å². The summed E-state index contributed by atoms with van der Waals surface area (Å²) >= 11 is 6.76. The Bertz CT molecular complexity index is 703. The van der Waals surface area contributed by atoms with Gasteiger partial charge in [-0.05, 0) is 68.9 Å². The number of alkyl halides is 1. The summed E-state index contributed by atoms with van der Waals surface area (Å²) in [4.78, 5) is 24.7. The van der Waals surface area contributed by atoms with Crippen molar-refractivity contribution in [3.63, 3.8) is 0 Å². The zero-order valence-electron chi connectivity index (χ0n) is 14.5. The van der Waals surface area contributed by atoms with E-state index in [-0.39, 0.29) is 23.4 Å². The molecule has 1 amide bonds. The van der Waals surface area contributed by atoms with E-state index in [0.29, 0.717) is 18.3 Å². The number of carbonyl (C=O) groups is 2. The van der Waals surface area contributed by atoms with Gasteiger partial charge in [0, 0.05) is 10.6 Å². The molecule has 0 aliphatic heterocycles. The Labute approximate surface area is 153 Å². The maximum atomic E-state index is 12.8. The third-order valence-electron chi connectivity index (χ3n) is 6.18. The maximum Gasteiger partial charge on any atom is 0.312 e. The molecular weight excluding hydrogens is 338 g/mol. The summed E-state index contributed by atoms with van der Waals surface area (Å²) in [5, 5.41) is 2.80. The summed E-state index contributed by atoms with van der Waals surface area (Å²) in [7, 11) is 0. The van der Waals surface area contributed by atoms with Gasteiger partial charge < -0.3 is 10.1 Å². The third-order valence-corrected chi connectivity index (χ3v) is 6.62. The maximum absolute atomic E-state index is 12.8. The average Bonchev–Trinajstić information content (AvgIpc) is 2.52. The van der Waals surface area contributed by atoms with E-state index in [2.05, 4.69) is 5.32 Å². The van der Waals surface area contributed by atoms with Crippen LogP contribution in [0.1, 0.15) is 44.1 Å². The fraction of sp³-hybridized carbons (Fsp3) is 0.600. The predicted molar refractivity (Wildman–Crippen MR) is 96.5 cm³/mol. The molecule has 1 aromatic carbocycles. The van der Waals surface area contributed by atoms with Gasteiger partial charge in [0.2, 0.25) is 0 Å². The van der Waals surface area contributed by atoms with Crippen molar-refractivity contribution in [3.05, 3.63) is 29.8 Å². The fourth-order valence-corrected chi connectivity index (χ4v) is 6.27. The van der Waals surface area contributed by atoms with E-state index in [0.717, 1.165) is 36.9 Å². The molecule has 4 aliphatic carbocycles. The number of esters is 1. The van der Waals surface area contributed by atoms with Gasteiger partial charge in [0.1, 0.15) is 0 Å². The highest BCUT2D eigenvalue weighted by Crippen LogP contribution is 2.64. The summed E-state index contributed by atoms with van der Waals surface area (Å²) in [6.45, 7) is 1.69. The summed E-state index contributed by atoms with van der Waals surface area (Å²) < 4.78 is 5.44. The van der Waals surface area contributed by atoms with Crippen LogP contribution in [0.2, 0.25) is 0 Å². The van der Waals surface area contributed by atoms with Crippen molar-refractivity contribution >= 4 is 29.2 Å². The quantitative estimate of drug-likeness (QED) is 0.650. The zero-order chi connectivity index (χ0) is 17.7. The van der Waals surface area contributed by atoms with E-state index < -0.39 is 5.41 Å². The molecule has 4 bridgehead atoms. The van der Waals surface area contributed by atoms with Crippen LogP contribution >= 0.6 is 11.6 Å². The lowest BCUT2D eigenvalue weighted by Gasteiger charge is -2.58. The Hall–Kier alpha value is -1.55. The van der Waals surface area contributed by atoms with Crippen molar-refractivity contribution in [2.24, 2.45) is 17.3 Å². The average molecular weight is 362 g/mol. The molecule has 5 heteroatoms. The molecule has 4 aliphatic rings. The summed E-state index contributed by atoms with van der Waals surface area (Å²) in [6.07, 6.45) is 5.68. The van der Waals surface area contributed by atoms with E-state index in [4.69, 9.17) is 16.3 Å². The first-order valence-corrected chi connectivity index (χ1v) is 9.47. The largest absolute Gasteiger partial charge is 0.455 e. The highest BCUT2D eigenvalue weighted by molar-refractivity contribution is 6.24. The highest BCUT2D eigenvalue weighted by atomic mass is 35.5. The molecule has 2 unspecified atom stereocenters. The van der Waals surface area contributed by atoms with Crippen LogP contribution in [0.15, 0.2) is 24.3 Å². The number of aryl methyl sites for hydroxylation is 1. The van der Waals surface area contributed by atoms with Gasteiger partial charge in [-0.3, -0.25) is 9.59 Å². The van der Waals surface area contributed by atoms with Gasteiger partial charge in [0.15, 0.2) is 6.61 Å². The minimum Gasteiger partial charge on any atom is -0.455 e. The molecule has 0 spiro atoms. The number of hydrogen-bond donors (Lipinski definition) is 1. The third kappa shape index (κ3) is 3.17. The van der Waals surface area contributed by atoms with Gasteiger partial charge in [-0.2, -0.15) is 0 Å². The Kier molecular flexibility index (Phi) is 4.06. The first-order valence-electron chi connectivity index (χ1n) is 9.09. The van der Waals surface area contributed by atoms with Crippen LogP contribution in [0, 0.1) is 24.2 Å². The van der Waals surface area contributed by atoms with Crippen molar-refractivity contribution in [2.75, 3.05) is 11.9 Å². The van der Waals surface area contributed by atoms with E-state index in [9.17, 15) is 9.59 Å². The lowest BCUT2D eigenvalue weighted by atomic mass is 9.49. The topological polar surface area (TPSA) is 55.4 Å². The van der Waals surface area contributed by atoms with Gasteiger partial charge in [0.05, 0.1) is 5.41 Å². The minimum atomic E-state index is -0.464. The van der Waals surface area contributed by atoms with Crippen LogP contribution in [0.3, 0.4) is 0 Å². The summed E-state index contributed by atoms with van der Waals surface area (Å²) in [6, 6.07) is 7.55. The molecule has 4 atom stereocenters.